The van der Waals surface area contributed by atoms with Crippen molar-refractivity contribution in [2.45, 2.75) is 50.7 Å². The molecule has 0 amide bonds. The second-order valence-corrected chi connectivity index (χ2v) is 14.0. The molecule has 0 bridgehead atoms. The molecule has 0 saturated carbocycles. The van der Waals surface area contributed by atoms with E-state index in [9.17, 15) is 5.11 Å². The Kier molecular flexibility index (Phi) is 9.07. The van der Waals surface area contributed by atoms with Crippen molar-refractivity contribution >= 4 is 61.8 Å². The standard InChI is InChI=1S/C32H32ClFIN6O3P/c33-24-15-25-22(17-37-41(25)45-35)26(21(24)9-4-14-42)29-27(34)28-23(16-36-29)30(43-18-20-7-2-1-3-8-20)39-31(38-28)44-19-32-10-5-12-40(32)13-6-11-32/h1-3,7-8,15-17,42,45H,4-6,9-14,18-19H2. The molecule has 2 fully saturated rings. The number of benzene rings is 2. The van der Waals surface area contributed by atoms with Crippen LogP contribution >= 0.6 is 40.0 Å². The van der Waals surface area contributed by atoms with E-state index in [0.717, 1.165) is 55.2 Å². The van der Waals surface area contributed by atoms with Gasteiger partial charge in [0.1, 0.15) is 24.4 Å². The van der Waals surface area contributed by atoms with Crippen LogP contribution in [0.2, 0.25) is 5.02 Å². The summed E-state index contributed by atoms with van der Waals surface area (Å²) in [5.74, 6) is -0.413. The van der Waals surface area contributed by atoms with Gasteiger partial charge >= 0.3 is 6.01 Å². The maximum atomic E-state index is 16.9. The van der Waals surface area contributed by atoms with Crippen molar-refractivity contribution in [3.63, 3.8) is 0 Å². The summed E-state index contributed by atoms with van der Waals surface area (Å²) in [6.07, 6.45) is 8.91. The van der Waals surface area contributed by atoms with Crippen LogP contribution in [0.5, 0.6) is 11.9 Å². The molecule has 1 unspecified atom stereocenters. The molecule has 45 heavy (non-hydrogen) atoms. The van der Waals surface area contributed by atoms with E-state index < -0.39 is 5.82 Å². The third-order valence-electron chi connectivity index (χ3n) is 8.96. The van der Waals surface area contributed by atoms with E-state index in [0.29, 0.717) is 47.4 Å². The number of hydrogen-bond acceptors (Lipinski definition) is 8. The zero-order valence-electron chi connectivity index (χ0n) is 24.5. The first-order valence-corrected chi connectivity index (χ1v) is 19.5. The summed E-state index contributed by atoms with van der Waals surface area (Å²) in [7, 11) is 0. The number of aliphatic hydroxyl groups is 1. The van der Waals surface area contributed by atoms with Gasteiger partial charge in [-0.2, -0.15) is 15.1 Å². The average molecular weight is 761 g/mol. The van der Waals surface area contributed by atoms with Gasteiger partial charge in [0, 0.05) is 28.8 Å². The summed E-state index contributed by atoms with van der Waals surface area (Å²) < 4.78 is 31.2. The fourth-order valence-corrected chi connectivity index (χ4v) is 8.59. The molecular weight excluding hydrogens is 729 g/mol. The number of fused-ring (bicyclic) bond motifs is 3. The number of halogens is 3. The van der Waals surface area contributed by atoms with Crippen molar-refractivity contribution in [2.24, 2.45) is 0 Å². The van der Waals surface area contributed by atoms with Crippen molar-refractivity contribution in [2.75, 3.05) is 26.3 Å². The lowest BCUT2D eigenvalue weighted by Crippen LogP contribution is -2.43. The van der Waals surface area contributed by atoms with E-state index in [1.807, 2.05) is 40.9 Å². The minimum atomic E-state index is -0.621. The first-order chi connectivity index (χ1) is 22.0. The van der Waals surface area contributed by atoms with Gasteiger partial charge in [-0.3, -0.25) is 9.88 Å². The Morgan fingerprint density at radius 1 is 1.07 bits per heavy atom. The van der Waals surface area contributed by atoms with Crippen molar-refractivity contribution in [3.8, 4) is 23.1 Å². The van der Waals surface area contributed by atoms with E-state index >= 15 is 4.39 Å². The molecule has 2 aliphatic heterocycles. The molecule has 1 atom stereocenters. The van der Waals surface area contributed by atoms with Gasteiger partial charge in [0.05, 0.1) is 29.0 Å². The van der Waals surface area contributed by atoms with E-state index in [2.05, 4.69) is 47.0 Å². The normalized spacial score (nSPS) is 16.4. The number of pyridine rings is 1. The highest BCUT2D eigenvalue weighted by atomic mass is 127. The maximum absolute atomic E-state index is 16.9. The molecule has 0 aliphatic carbocycles. The monoisotopic (exact) mass is 760 g/mol. The Labute approximate surface area is 279 Å². The quantitative estimate of drug-likeness (QED) is 0.112. The first-order valence-electron chi connectivity index (χ1n) is 15.1. The summed E-state index contributed by atoms with van der Waals surface area (Å²) in [5.41, 5.74) is 3.12. The largest absolute Gasteiger partial charge is 0.472 e. The van der Waals surface area contributed by atoms with Crippen LogP contribution in [-0.2, 0) is 13.0 Å². The van der Waals surface area contributed by atoms with Gasteiger partial charge in [-0.1, -0.05) is 41.9 Å². The number of ether oxygens (including phenoxy) is 2. The van der Waals surface area contributed by atoms with Crippen molar-refractivity contribution in [1.82, 2.24) is 29.4 Å². The lowest BCUT2D eigenvalue weighted by Gasteiger charge is -2.31. The number of rotatable bonds is 11. The third-order valence-corrected chi connectivity index (χ3v) is 11.2. The molecule has 2 saturated heterocycles. The van der Waals surface area contributed by atoms with Crippen LogP contribution in [-0.4, -0.2) is 66.4 Å². The molecule has 0 radical (unpaired) electrons. The highest BCUT2D eigenvalue weighted by Crippen LogP contribution is 2.43. The topological polar surface area (TPSA) is 98.4 Å². The van der Waals surface area contributed by atoms with Crippen LogP contribution in [0.3, 0.4) is 0 Å². The molecule has 0 spiro atoms. The van der Waals surface area contributed by atoms with Gasteiger partial charge in [-0.25, -0.2) is 8.84 Å². The molecule has 2 aliphatic rings. The van der Waals surface area contributed by atoms with E-state index in [-0.39, 0.29) is 41.9 Å². The Bertz CT molecular complexity index is 1850. The second-order valence-electron chi connectivity index (χ2n) is 11.6. The lowest BCUT2D eigenvalue weighted by molar-refractivity contribution is 0.107. The molecule has 2 aromatic carbocycles. The number of hydrogen-bond donors (Lipinski definition) is 1. The zero-order valence-corrected chi connectivity index (χ0v) is 28.4. The minimum Gasteiger partial charge on any atom is -0.472 e. The Morgan fingerprint density at radius 2 is 1.87 bits per heavy atom. The van der Waals surface area contributed by atoms with Crippen LogP contribution in [0.15, 0.2) is 48.8 Å². The van der Waals surface area contributed by atoms with Crippen molar-refractivity contribution < 1.29 is 19.0 Å². The predicted molar refractivity (Wildman–Crippen MR) is 183 cm³/mol. The van der Waals surface area contributed by atoms with Gasteiger partial charge in [0.15, 0.2) is 5.82 Å². The molecular formula is C32H32ClFIN6O3P. The predicted octanol–water partition coefficient (Wildman–Crippen LogP) is 7.14. The molecule has 9 nitrogen and oxygen atoms in total. The van der Waals surface area contributed by atoms with Gasteiger partial charge < -0.3 is 14.6 Å². The molecule has 7 rings (SSSR count). The van der Waals surface area contributed by atoms with Crippen LogP contribution in [0.25, 0.3) is 33.1 Å². The smallest absolute Gasteiger partial charge is 0.320 e. The van der Waals surface area contributed by atoms with Gasteiger partial charge in [0.2, 0.25) is 5.88 Å². The minimum absolute atomic E-state index is 0.0230. The first kappa shape index (κ1) is 30.9. The van der Waals surface area contributed by atoms with Crippen molar-refractivity contribution in [3.05, 3.63) is 70.8 Å². The molecule has 5 heterocycles. The lowest BCUT2D eigenvalue weighted by atomic mass is 9.95. The van der Waals surface area contributed by atoms with E-state index in [1.54, 1.807) is 12.4 Å². The zero-order chi connectivity index (χ0) is 31.0. The Balaban J connectivity index is 1.35. The van der Waals surface area contributed by atoms with Gasteiger partial charge in [-0.15, -0.1) is 0 Å². The van der Waals surface area contributed by atoms with Crippen LogP contribution in [0.1, 0.15) is 43.2 Å². The van der Waals surface area contributed by atoms with E-state index in [1.165, 1.54) is 0 Å². The summed E-state index contributed by atoms with van der Waals surface area (Å²) in [6, 6.07) is 11.7. The average Bonchev–Trinajstić information content (AvgIpc) is 3.77. The summed E-state index contributed by atoms with van der Waals surface area (Å²) in [4.78, 5) is 16.4. The maximum Gasteiger partial charge on any atom is 0.320 e. The summed E-state index contributed by atoms with van der Waals surface area (Å²) in [6.45, 7) is 2.79. The molecule has 234 valence electrons. The Hall–Kier alpha value is -2.70. The summed E-state index contributed by atoms with van der Waals surface area (Å²) >= 11 is 9.06. The van der Waals surface area contributed by atoms with Crippen LogP contribution in [0, 0.1) is 5.82 Å². The van der Waals surface area contributed by atoms with Crippen LogP contribution in [0.4, 0.5) is 4.39 Å². The number of aliphatic hydroxyl groups excluding tert-OH is 1. The van der Waals surface area contributed by atoms with Gasteiger partial charge in [-0.05, 0) is 90.8 Å². The van der Waals surface area contributed by atoms with Crippen molar-refractivity contribution in [1.29, 1.82) is 0 Å². The molecule has 1 N–H and O–H groups in total. The third kappa shape index (κ3) is 5.86. The van der Waals surface area contributed by atoms with E-state index in [4.69, 9.17) is 21.1 Å². The number of nitrogens with zero attached hydrogens (tertiary/aromatic N) is 6. The fraction of sp³-hybridized carbons (Fsp3) is 0.375. The highest BCUT2D eigenvalue weighted by molar-refractivity contribution is 14.2. The molecule has 3 aromatic heterocycles. The summed E-state index contributed by atoms with van der Waals surface area (Å²) in [5, 5.41) is 15.7. The number of aromatic nitrogens is 5. The highest BCUT2D eigenvalue weighted by Gasteiger charge is 2.45. The fourth-order valence-electron chi connectivity index (χ4n) is 6.76. The SMILES string of the molecule is OCCCc1c(Cl)cc2c(cnn2PI)c1-c1ncc2c(OCc3ccccc3)nc(OCC34CCCN3CCC4)nc2c1F. The molecule has 13 heteroatoms. The van der Waals surface area contributed by atoms with Crippen LogP contribution < -0.4 is 9.47 Å². The Morgan fingerprint density at radius 3 is 2.62 bits per heavy atom. The molecule has 5 aromatic rings. The van der Waals surface area contributed by atoms with Gasteiger partial charge in [0.25, 0.3) is 0 Å². The second kappa shape index (κ2) is 13.2.